The van der Waals surface area contributed by atoms with Gasteiger partial charge in [-0.05, 0) is 76.9 Å². The summed E-state index contributed by atoms with van der Waals surface area (Å²) in [6.07, 6.45) is 5.04. The van der Waals surface area contributed by atoms with Crippen molar-refractivity contribution in [2.75, 3.05) is 38.1 Å². The molecule has 0 unspecified atom stereocenters. The highest BCUT2D eigenvalue weighted by Crippen LogP contribution is 2.40. The third-order valence-corrected chi connectivity index (χ3v) is 10.2. The molecule has 0 fully saturated rings. The smallest absolute Gasteiger partial charge is 0.338 e. The number of hydrogen-bond acceptors (Lipinski definition) is 12. The Morgan fingerprint density at radius 1 is 0.690 bits per heavy atom. The zero-order chi connectivity index (χ0) is 40.8. The SMILES string of the molecule is CCn1nc(C)cc1C(=O)Nc1nc2cc(C(=O)OC)cc3c2n1[C@@H](C/C=C\C[C@H]1COc2cc(C(=O)OC)cc4nc(NC(=O)c5cc(C)nn5CC)n1c24)CO3. The number of esters is 2. The van der Waals surface area contributed by atoms with Crippen LogP contribution in [0, 0.1) is 13.8 Å². The zero-order valence-electron chi connectivity index (χ0n) is 32.9. The number of nitrogens with one attached hydrogen (secondary N) is 2. The van der Waals surface area contributed by atoms with Crippen LogP contribution in [0.15, 0.2) is 48.6 Å². The Labute approximate surface area is 331 Å². The number of hydrogen-bond donors (Lipinski definition) is 2. The molecule has 0 saturated carbocycles. The number of aryl methyl sites for hydroxylation is 4. The van der Waals surface area contributed by atoms with E-state index in [1.54, 1.807) is 45.8 Å². The summed E-state index contributed by atoms with van der Waals surface area (Å²) in [7, 11) is 2.61. The van der Waals surface area contributed by atoms with Gasteiger partial charge in [-0.1, -0.05) is 12.2 Å². The molecule has 0 aliphatic carbocycles. The first-order valence-electron chi connectivity index (χ1n) is 18.9. The van der Waals surface area contributed by atoms with Gasteiger partial charge in [0, 0.05) is 13.1 Å². The van der Waals surface area contributed by atoms with Gasteiger partial charge in [0.1, 0.15) is 47.1 Å². The molecule has 6 aromatic rings. The summed E-state index contributed by atoms with van der Waals surface area (Å²) in [6, 6.07) is 9.35. The topological polar surface area (TPSA) is 201 Å². The van der Waals surface area contributed by atoms with Gasteiger partial charge >= 0.3 is 11.9 Å². The maximum absolute atomic E-state index is 13.6. The van der Waals surface area contributed by atoms with Crippen molar-refractivity contribution in [1.82, 2.24) is 38.7 Å². The minimum Gasteiger partial charge on any atom is -0.489 e. The Balaban J connectivity index is 1.09. The van der Waals surface area contributed by atoms with Crippen LogP contribution in [-0.4, -0.2) is 89.8 Å². The van der Waals surface area contributed by atoms with Gasteiger partial charge in [-0.2, -0.15) is 10.2 Å². The van der Waals surface area contributed by atoms with Gasteiger partial charge in [-0.3, -0.25) is 38.7 Å². The van der Waals surface area contributed by atoms with Crippen LogP contribution < -0.4 is 20.1 Å². The monoisotopic (exact) mass is 790 g/mol. The summed E-state index contributed by atoms with van der Waals surface area (Å²) in [6.45, 7) is 8.96. The van der Waals surface area contributed by atoms with Crippen LogP contribution in [0.2, 0.25) is 0 Å². The van der Waals surface area contributed by atoms with Gasteiger partial charge in [0.25, 0.3) is 11.8 Å². The predicted molar refractivity (Wildman–Crippen MR) is 211 cm³/mol. The summed E-state index contributed by atoms with van der Waals surface area (Å²) in [5, 5.41) is 14.8. The first kappa shape index (κ1) is 37.9. The number of rotatable bonds is 12. The molecule has 0 spiro atoms. The molecule has 2 aromatic carbocycles. The van der Waals surface area contributed by atoms with Crippen LogP contribution in [0.4, 0.5) is 11.9 Å². The van der Waals surface area contributed by atoms with Crippen LogP contribution in [0.3, 0.4) is 0 Å². The van der Waals surface area contributed by atoms with Crippen LogP contribution in [0.1, 0.15) is 91.9 Å². The lowest BCUT2D eigenvalue weighted by Crippen LogP contribution is -2.26. The molecule has 8 rings (SSSR count). The lowest BCUT2D eigenvalue weighted by molar-refractivity contribution is 0.0591. The van der Waals surface area contributed by atoms with E-state index in [1.807, 2.05) is 49.0 Å². The number of allylic oxidation sites excluding steroid dienone is 2. The number of amides is 2. The van der Waals surface area contributed by atoms with Crippen LogP contribution in [-0.2, 0) is 22.6 Å². The number of imidazole rings is 2. The van der Waals surface area contributed by atoms with E-state index in [-0.39, 0.29) is 48.2 Å². The standard InChI is InChI=1S/C40H42N10O8/c1-7-47-29(13-21(3)45-47)35(51)43-39-41-27-15-23(37(53)55-5)17-31-33(27)49(39)25(19-57-31)11-9-10-12-26-20-58-32-18-24(38(54)56-6)16-28-34(32)50(26)40(42-28)44-36(52)30-14-22(4)46-48(30)8-2/h9-10,13-18,25-26H,7-8,11-12,19-20H2,1-6H3,(H,41,43,51)(H,42,44,52)/b10-9-/t25-,26-/m0/s1. The number of ether oxygens (including phenoxy) is 4. The Hall–Kier alpha value is -6.98. The number of carbonyl (C=O) groups excluding carboxylic acids is 4. The normalized spacial score (nSPS) is 15.7. The molecule has 0 bridgehead atoms. The number of nitrogens with zero attached hydrogens (tertiary/aromatic N) is 8. The average molecular weight is 791 g/mol. The number of anilines is 2. The Kier molecular flexibility index (Phi) is 9.92. The van der Waals surface area contributed by atoms with E-state index >= 15 is 0 Å². The van der Waals surface area contributed by atoms with E-state index in [1.165, 1.54) is 14.2 Å². The van der Waals surface area contributed by atoms with Crippen molar-refractivity contribution in [2.45, 2.75) is 65.7 Å². The summed E-state index contributed by atoms with van der Waals surface area (Å²) >= 11 is 0. The minimum atomic E-state index is -0.534. The highest BCUT2D eigenvalue weighted by atomic mass is 16.5. The fourth-order valence-corrected chi connectivity index (χ4v) is 7.61. The third-order valence-electron chi connectivity index (χ3n) is 10.2. The molecule has 2 aliphatic rings. The van der Waals surface area contributed by atoms with Crippen molar-refractivity contribution in [3.63, 3.8) is 0 Å². The molecular formula is C40H42N10O8. The van der Waals surface area contributed by atoms with Gasteiger partial charge in [-0.25, -0.2) is 19.6 Å². The van der Waals surface area contributed by atoms with E-state index in [2.05, 4.69) is 20.8 Å². The fraction of sp³-hybridized carbons (Fsp3) is 0.350. The maximum Gasteiger partial charge on any atom is 0.338 e. The second-order valence-corrected chi connectivity index (χ2v) is 14.0. The van der Waals surface area contributed by atoms with Crippen LogP contribution >= 0.6 is 0 Å². The Morgan fingerprint density at radius 2 is 1.10 bits per heavy atom. The molecule has 2 aliphatic heterocycles. The number of benzene rings is 2. The molecule has 58 heavy (non-hydrogen) atoms. The number of methoxy groups -OCH3 is 2. The van der Waals surface area contributed by atoms with E-state index in [9.17, 15) is 19.2 Å². The number of carbonyl (C=O) groups is 4. The van der Waals surface area contributed by atoms with E-state index < -0.39 is 11.9 Å². The van der Waals surface area contributed by atoms with Crippen molar-refractivity contribution in [1.29, 1.82) is 0 Å². The van der Waals surface area contributed by atoms with Crippen molar-refractivity contribution >= 4 is 57.7 Å². The lowest BCUT2D eigenvalue weighted by atomic mass is 10.1. The molecule has 4 aromatic heterocycles. The van der Waals surface area contributed by atoms with E-state index in [0.29, 0.717) is 94.2 Å². The first-order valence-corrected chi connectivity index (χ1v) is 18.9. The molecule has 2 N–H and O–H groups in total. The zero-order valence-corrected chi connectivity index (χ0v) is 32.9. The van der Waals surface area contributed by atoms with E-state index in [0.717, 1.165) is 0 Å². The van der Waals surface area contributed by atoms with Gasteiger partial charge < -0.3 is 18.9 Å². The maximum atomic E-state index is 13.6. The Morgan fingerprint density at radius 3 is 1.48 bits per heavy atom. The molecule has 300 valence electrons. The second-order valence-electron chi connectivity index (χ2n) is 14.0. The van der Waals surface area contributed by atoms with Crippen molar-refractivity contribution in [2.24, 2.45) is 0 Å². The predicted octanol–water partition coefficient (Wildman–Crippen LogP) is 5.42. The molecule has 18 nitrogen and oxygen atoms in total. The quantitative estimate of drug-likeness (QED) is 0.118. The highest BCUT2D eigenvalue weighted by molar-refractivity contribution is 6.05. The minimum absolute atomic E-state index is 0.233. The second kappa shape index (κ2) is 15.2. The molecular weight excluding hydrogens is 749 g/mol. The number of aromatic nitrogens is 8. The molecule has 6 heterocycles. The van der Waals surface area contributed by atoms with Gasteiger partial charge in [0.15, 0.2) is 0 Å². The summed E-state index contributed by atoms with van der Waals surface area (Å²) in [5.74, 6) is -0.309. The molecule has 2 atom stereocenters. The highest BCUT2D eigenvalue weighted by Gasteiger charge is 2.32. The van der Waals surface area contributed by atoms with E-state index in [4.69, 9.17) is 28.9 Å². The molecule has 2 amide bonds. The molecule has 0 saturated heterocycles. The fourth-order valence-electron chi connectivity index (χ4n) is 7.61. The lowest BCUT2D eigenvalue weighted by Gasteiger charge is -2.27. The third kappa shape index (κ3) is 6.69. The Bertz CT molecular complexity index is 2490. The first-order chi connectivity index (χ1) is 28.0. The molecule has 18 heteroatoms. The van der Waals surface area contributed by atoms with Gasteiger partial charge in [-0.15, -0.1) is 0 Å². The van der Waals surface area contributed by atoms with Crippen molar-refractivity contribution in [3.05, 3.63) is 82.5 Å². The van der Waals surface area contributed by atoms with Crippen molar-refractivity contribution < 1.29 is 38.1 Å². The summed E-state index contributed by atoms with van der Waals surface area (Å²) in [5.41, 5.74) is 4.97. The average Bonchev–Trinajstić information content (AvgIpc) is 4.00. The van der Waals surface area contributed by atoms with Crippen molar-refractivity contribution in [3.8, 4) is 11.5 Å². The molecule has 0 radical (unpaired) electrons. The summed E-state index contributed by atoms with van der Waals surface area (Å²) < 4.78 is 29.5. The largest absolute Gasteiger partial charge is 0.489 e. The van der Waals surface area contributed by atoms with Gasteiger partial charge in [0.05, 0.1) is 59.9 Å². The summed E-state index contributed by atoms with van der Waals surface area (Å²) in [4.78, 5) is 61.8. The van der Waals surface area contributed by atoms with Crippen LogP contribution in [0.25, 0.3) is 22.1 Å². The van der Waals surface area contributed by atoms with Gasteiger partial charge in [0.2, 0.25) is 11.9 Å². The van der Waals surface area contributed by atoms with Crippen LogP contribution in [0.5, 0.6) is 11.5 Å².